The van der Waals surface area contributed by atoms with Crippen LogP contribution in [0.2, 0.25) is 0 Å². The second kappa shape index (κ2) is 7.22. The number of para-hydroxylation sites is 1. The molecule has 1 N–H and O–H groups in total. The minimum absolute atomic E-state index is 0.141. The van der Waals surface area contributed by atoms with Crippen LogP contribution in [0.5, 0.6) is 0 Å². The summed E-state index contributed by atoms with van der Waals surface area (Å²) in [6.45, 7) is 0. The molecule has 0 unspecified atom stereocenters. The summed E-state index contributed by atoms with van der Waals surface area (Å²) in [5.74, 6) is -0.324. The Morgan fingerprint density at radius 2 is 1.83 bits per heavy atom. The first kappa shape index (κ1) is 19.0. The Bertz CT molecular complexity index is 1390. The molecule has 0 aliphatic carbocycles. The number of carbonyl (C=O) groups is 1. The summed E-state index contributed by atoms with van der Waals surface area (Å²) < 4.78 is 32.4. The van der Waals surface area contributed by atoms with Gasteiger partial charge >= 0.3 is 5.63 Å². The number of aromatic nitrogens is 2. The molecule has 0 saturated heterocycles. The highest BCUT2D eigenvalue weighted by Crippen LogP contribution is 2.23. The molecule has 0 atom stereocenters. The van der Waals surface area contributed by atoms with Gasteiger partial charge in [0.05, 0.1) is 4.90 Å². The van der Waals surface area contributed by atoms with Crippen LogP contribution in [0.3, 0.4) is 0 Å². The highest BCUT2D eigenvalue weighted by atomic mass is 32.2. The molecule has 2 aromatic heterocycles. The zero-order chi connectivity index (χ0) is 20.6. The standard InChI is InChI=1S/C19H13N3O5S2/c1-29(25,26)13-8-6-11(7-9-13)16-20-19(28-22-16)21-17(23)14-10-12-4-2-3-5-15(12)27-18(14)24/h2-10H,1H3,(H,20,21,22,23). The van der Waals surface area contributed by atoms with Crippen molar-refractivity contribution in [2.24, 2.45) is 0 Å². The van der Waals surface area contributed by atoms with Crippen LogP contribution in [-0.2, 0) is 9.84 Å². The van der Waals surface area contributed by atoms with Gasteiger partial charge in [0.15, 0.2) is 15.7 Å². The van der Waals surface area contributed by atoms with Gasteiger partial charge in [-0.1, -0.05) is 18.2 Å². The van der Waals surface area contributed by atoms with E-state index in [1.165, 1.54) is 18.2 Å². The molecule has 2 heterocycles. The number of nitrogens with one attached hydrogen (secondary N) is 1. The van der Waals surface area contributed by atoms with Crippen LogP contribution >= 0.6 is 11.5 Å². The molecule has 0 spiro atoms. The van der Waals surface area contributed by atoms with Crippen LogP contribution < -0.4 is 10.9 Å². The summed E-state index contributed by atoms with van der Waals surface area (Å²) in [5, 5.41) is 3.36. The van der Waals surface area contributed by atoms with E-state index in [1.54, 1.807) is 36.4 Å². The zero-order valence-electron chi connectivity index (χ0n) is 14.9. The Balaban J connectivity index is 1.57. The Labute approximate surface area is 168 Å². The quantitative estimate of drug-likeness (QED) is 0.497. The van der Waals surface area contributed by atoms with Gasteiger partial charge in [-0.25, -0.2) is 13.2 Å². The summed E-state index contributed by atoms with van der Waals surface area (Å²) in [6.07, 6.45) is 1.13. The topological polar surface area (TPSA) is 119 Å². The van der Waals surface area contributed by atoms with Crippen molar-refractivity contribution in [2.45, 2.75) is 4.90 Å². The van der Waals surface area contributed by atoms with Gasteiger partial charge in [-0.15, -0.1) is 0 Å². The third-order valence-electron chi connectivity index (χ3n) is 4.07. The second-order valence-corrected chi connectivity index (χ2v) is 8.93. The molecule has 0 fully saturated rings. The Kier molecular flexibility index (Phi) is 4.73. The molecule has 1 amide bonds. The number of nitrogens with zero attached hydrogens (tertiary/aromatic N) is 2. The minimum atomic E-state index is -3.30. The van der Waals surface area contributed by atoms with Gasteiger partial charge in [0, 0.05) is 28.7 Å². The minimum Gasteiger partial charge on any atom is -0.422 e. The Morgan fingerprint density at radius 1 is 1.10 bits per heavy atom. The number of fused-ring (bicyclic) bond motifs is 1. The van der Waals surface area contributed by atoms with E-state index in [0.717, 1.165) is 17.8 Å². The van der Waals surface area contributed by atoms with Crippen LogP contribution in [0.1, 0.15) is 10.4 Å². The van der Waals surface area contributed by atoms with E-state index >= 15 is 0 Å². The summed E-state index contributed by atoms with van der Waals surface area (Å²) in [6, 6.07) is 14.4. The van der Waals surface area contributed by atoms with E-state index in [9.17, 15) is 18.0 Å². The predicted octanol–water partition coefficient (Wildman–Crippen LogP) is 2.97. The van der Waals surface area contributed by atoms with Crippen molar-refractivity contribution < 1.29 is 17.6 Å². The van der Waals surface area contributed by atoms with Gasteiger partial charge in [-0.05, 0) is 36.4 Å². The number of hydrogen-bond acceptors (Lipinski definition) is 8. The lowest BCUT2D eigenvalue weighted by Crippen LogP contribution is -2.20. The van der Waals surface area contributed by atoms with Crippen molar-refractivity contribution in [3.63, 3.8) is 0 Å². The van der Waals surface area contributed by atoms with Crippen molar-refractivity contribution >= 4 is 43.4 Å². The first-order chi connectivity index (χ1) is 13.8. The van der Waals surface area contributed by atoms with E-state index in [0.29, 0.717) is 22.4 Å². The van der Waals surface area contributed by atoms with Crippen LogP contribution in [0.4, 0.5) is 5.13 Å². The van der Waals surface area contributed by atoms with Crippen molar-refractivity contribution in [1.82, 2.24) is 9.36 Å². The fourth-order valence-corrected chi connectivity index (χ4v) is 3.84. The van der Waals surface area contributed by atoms with Crippen LogP contribution in [0, 0.1) is 0 Å². The molecule has 0 aliphatic rings. The van der Waals surface area contributed by atoms with E-state index in [1.807, 2.05) is 0 Å². The van der Waals surface area contributed by atoms with E-state index < -0.39 is 21.4 Å². The van der Waals surface area contributed by atoms with Crippen molar-refractivity contribution in [1.29, 1.82) is 0 Å². The summed E-state index contributed by atoms with van der Waals surface area (Å²) in [7, 11) is -3.30. The average Bonchev–Trinajstić information content (AvgIpc) is 3.15. The molecule has 29 heavy (non-hydrogen) atoms. The Morgan fingerprint density at radius 3 is 2.55 bits per heavy atom. The lowest BCUT2D eigenvalue weighted by atomic mass is 10.2. The number of rotatable bonds is 4. The normalized spacial score (nSPS) is 11.5. The fraction of sp³-hybridized carbons (Fsp3) is 0.0526. The van der Waals surface area contributed by atoms with E-state index in [2.05, 4.69) is 14.7 Å². The van der Waals surface area contributed by atoms with Gasteiger partial charge in [-0.3, -0.25) is 10.1 Å². The fourth-order valence-electron chi connectivity index (χ4n) is 2.63. The first-order valence-electron chi connectivity index (χ1n) is 8.30. The van der Waals surface area contributed by atoms with Gasteiger partial charge in [0.25, 0.3) is 5.91 Å². The molecule has 2 aromatic carbocycles. The summed E-state index contributed by atoms with van der Waals surface area (Å²) in [4.78, 5) is 29.0. The van der Waals surface area contributed by atoms with Crippen LogP contribution in [0.15, 0.2) is 68.7 Å². The number of sulfone groups is 1. The number of anilines is 1. The molecule has 146 valence electrons. The first-order valence-corrected chi connectivity index (χ1v) is 11.0. The van der Waals surface area contributed by atoms with Crippen LogP contribution in [0.25, 0.3) is 22.4 Å². The molecule has 0 radical (unpaired) electrons. The average molecular weight is 427 g/mol. The largest absolute Gasteiger partial charge is 0.422 e. The molecule has 10 heteroatoms. The number of carbonyl (C=O) groups excluding carboxylic acids is 1. The summed E-state index contributed by atoms with van der Waals surface area (Å²) in [5.41, 5.74) is 0.101. The van der Waals surface area contributed by atoms with Crippen LogP contribution in [-0.4, -0.2) is 29.9 Å². The van der Waals surface area contributed by atoms with Gasteiger partial charge < -0.3 is 4.42 Å². The van der Waals surface area contributed by atoms with E-state index in [4.69, 9.17) is 4.42 Å². The van der Waals surface area contributed by atoms with Gasteiger partial charge in [0.2, 0.25) is 5.13 Å². The summed E-state index contributed by atoms with van der Waals surface area (Å²) >= 11 is 0.943. The monoisotopic (exact) mass is 427 g/mol. The van der Waals surface area contributed by atoms with Crippen molar-refractivity contribution in [2.75, 3.05) is 11.6 Å². The maximum absolute atomic E-state index is 12.5. The molecule has 4 rings (SSSR count). The van der Waals surface area contributed by atoms with E-state index in [-0.39, 0.29) is 15.6 Å². The molecular weight excluding hydrogens is 414 g/mol. The predicted molar refractivity (Wildman–Crippen MR) is 109 cm³/mol. The van der Waals surface area contributed by atoms with Crippen molar-refractivity contribution in [3.8, 4) is 11.4 Å². The number of amides is 1. The molecule has 0 saturated carbocycles. The highest BCUT2D eigenvalue weighted by Gasteiger charge is 2.16. The number of hydrogen-bond donors (Lipinski definition) is 1. The molecular formula is C19H13N3O5S2. The second-order valence-electron chi connectivity index (χ2n) is 6.16. The Hall–Kier alpha value is -3.37. The lowest BCUT2D eigenvalue weighted by Gasteiger charge is -2.02. The molecule has 0 bridgehead atoms. The molecule has 8 nitrogen and oxygen atoms in total. The maximum Gasteiger partial charge on any atom is 0.349 e. The third kappa shape index (κ3) is 3.93. The lowest BCUT2D eigenvalue weighted by molar-refractivity contribution is 0.102. The van der Waals surface area contributed by atoms with Crippen molar-refractivity contribution in [3.05, 3.63) is 70.6 Å². The SMILES string of the molecule is CS(=O)(=O)c1ccc(-c2nsc(NC(=O)c3cc4ccccc4oc3=O)n2)cc1. The molecule has 4 aromatic rings. The zero-order valence-corrected chi connectivity index (χ0v) is 16.6. The third-order valence-corrected chi connectivity index (χ3v) is 5.83. The maximum atomic E-state index is 12.5. The van der Waals surface area contributed by atoms with Gasteiger partial charge in [0.1, 0.15) is 11.1 Å². The number of benzene rings is 2. The highest BCUT2D eigenvalue weighted by molar-refractivity contribution is 7.90. The molecule has 0 aliphatic heterocycles. The smallest absolute Gasteiger partial charge is 0.349 e. The van der Waals surface area contributed by atoms with Gasteiger partial charge in [-0.2, -0.15) is 9.36 Å².